The number of hydrogen-bond acceptors (Lipinski definition) is 8. The maximum absolute atomic E-state index is 12.5. The first kappa shape index (κ1) is 27.7. The lowest BCUT2D eigenvalue weighted by atomic mass is 10.1. The van der Waals surface area contributed by atoms with Gasteiger partial charge in [0.2, 0.25) is 17.7 Å². The quantitative estimate of drug-likeness (QED) is 0.117. The van der Waals surface area contributed by atoms with Gasteiger partial charge in [0.15, 0.2) is 0 Å². The number of amides is 3. The Balaban J connectivity index is 5.47. The van der Waals surface area contributed by atoms with Gasteiger partial charge in [-0.05, 0) is 32.7 Å². The Bertz CT molecular complexity index is 683. The van der Waals surface area contributed by atoms with Gasteiger partial charge in [-0.25, -0.2) is 4.79 Å². The molecule has 14 nitrogen and oxygen atoms in total. The van der Waals surface area contributed by atoms with Gasteiger partial charge >= 0.3 is 17.9 Å². The standard InChI is InChI=1S/C17H29N5O9/c1-8(19)14(27)21-10(6-12(23)24)16(29)20-9(4-2-3-5-18)15(28)22-11(17(30)31)7-13(25)26/h8-11H,2-7,18-19H2,1H3,(H,20,29)(H,21,27)(H,22,28)(H,23,24)(H,25,26)(H,30,31). The van der Waals surface area contributed by atoms with Crippen LogP contribution in [0.1, 0.15) is 39.0 Å². The number of rotatable bonds is 15. The van der Waals surface area contributed by atoms with Gasteiger partial charge < -0.3 is 42.7 Å². The number of hydrogen-bond donors (Lipinski definition) is 8. The second-order valence-corrected chi connectivity index (χ2v) is 6.79. The van der Waals surface area contributed by atoms with Crippen molar-refractivity contribution in [3.8, 4) is 0 Å². The van der Waals surface area contributed by atoms with Gasteiger partial charge in [-0.3, -0.25) is 24.0 Å². The predicted octanol–water partition coefficient (Wildman–Crippen LogP) is -3.05. The Kier molecular flexibility index (Phi) is 12.4. The molecule has 0 heterocycles. The fraction of sp³-hybridized carbons (Fsp3) is 0.647. The Morgan fingerprint density at radius 1 is 0.742 bits per heavy atom. The first-order valence-electron chi connectivity index (χ1n) is 9.42. The SMILES string of the molecule is CC(N)C(=O)NC(CC(=O)O)C(=O)NC(CCCCN)C(=O)NC(CC(=O)O)C(=O)O. The first-order chi connectivity index (χ1) is 14.4. The number of nitrogens with two attached hydrogens (primary N) is 2. The highest BCUT2D eigenvalue weighted by Gasteiger charge is 2.31. The maximum Gasteiger partial charge on any atom is 0.326 e. The van der Waals surface area contributed by atoms with Gasteiger partial charge in [-0.15, -0.1) is 0 Å². The number of carbonyl (C=O) groups is 6. The maximum atomic E-state index is 12.5. The van der Waals surface area contributed by atoms with Crippen LogP contribution < -0.4 is 27.4 Å². The molecule has 31 heavy (non-hydrogen) atoms. The summed E-state index contributed by atoms with van der Waals surface area (Å²) in [6.45, 7) is 1.60. The minimum atomic E-state index is -1.74. The Morgan fingerprint density at radius 3 is 1.65 bits per heavy atom. The summed E-state index contributed by atoms with van der Waals surface area (Å²) in [5.74, 6) is -7.23. The van der Waals surface area contributed by atoms with Crippen LogP contribution in [0.25, 0.3) is 0 Å². The first-order valence-corrected chi connectivity index (χ1v) is 9.42. The zero-order chi connectivity index (χ0) is 24.1. The highest BCUT2D eigenvalue weighted by molar-refractivity contribution is 5.95. The van der Waals surface area contributed by atoms with E-state index in [2.05, 4.69) is 10.6 Å². The van der Waals surface area contributed by atoms with Crippen molar-refractivity contribution in [1.82, 2.24) is 16.0 Å². The summed E-state index contributed by atoms with van der Waals surface area (Å²) in [7, 11) is 0. The summed E-state index contributed by atoms with van der Waals surface area (Å²) >= 11 is 0. The molecule has 4 atom stereocenters. The van der Waals surface area contributed by atoms with Crippen molar-refractivity contribution < 1.29 is 44.1 Å². The van der Waals surface area contributed by atoms with Crippen molar-refractivity contribution in [2.24, 2.45) is 11.5 Å². The van der Waals surface area contributed by atoms with Crippen molar-refractivity contribution in [1.29, 1.82) is 0 Å². The number of carboxylic acid groups (broad SMARTS) is 3. The van der Waals surface area contributed by atoms with E-state index in [1.807, 2.05) is 5.32 Å². The number of nitrogens with one attached hydrogen (secondary N) is 3. The average Bonchev–Trinajstić information content (AvgIpc) is 2.64. The van der Waals surface area contributed by atoms with Crippen LogP contribution in [-0.4, -0.2) is 81.7 Å². The Morgan fingerprint density at radius 2 is 1.19 bits per heavy atom. The zero-order valence-corrected chi connectivity index (χ0v) is 17.0. The Labute approximate surface area is 177 Å². The molecular formula is C17H29N5O9. The number of unbranched alkanes of at least 4 members (excludes halogenated alkanes) is 1. The van der Waals surface area contributed by atoms with Crippen LogP contribution in [0.15, 0.2) is 0 Å². The summed E-state index contributed by atoms with van der Waals surface area (Å²) in [5.41, 5.74) is 10.8. The Hall–Kier alpha value is -3.26. The summed E-state index contributed by atoms with van der Waals surface area (Å²) < 4.78 is 0. The molecule has 0 saturated carbocycles. The molecule has 176 valence electrons. The van der Waals surface area contributed by atoms with E-state index in [1.165, 1.54) is 6.92 Å². The number of aliphatic carboxylic acids is 3. The summed E-state index contributed by atoms with van der Waals surface area (Å²) in [6, 6.07) is -5.64. The van der Waals surface area contributed by atoms with E-state index in [-0.39, 0.29) is 13.0 Å². The van der Waals surface area contributed by atoms with Crippen LogP contribution in [0.3, 0.4) is 0 Å². The van der Waals surface area contributed by atoms with Crippen LogP contribution in [0.4, 0.5) is 0 Å². The predicted molar refractivity (Wildman–Crippen MR) is 104 cm³/mol. The highest BCUT2D eigenvalue weighted by Crippen LogP contribution is 2.05. The van der Waals surface area contributed by atoms with Crippen molar-refractivity contribution in [2.75, 3.05) is 6.54 Å². The van der Waals surface area contributed by atoms with Crippen molar-refractivity contribution in [3.05, 3.63) is 0 Å². The lowest BCUT2D eigenvalue weighted by Gasteiger charge is -2.24. The smallest absolute Gasteiger partial charge is 0.326 e. The molecule has 0 rings (SSSR count). The molecule has 10 N–H and O–H groups in total. The zero-order valence-electron chi connectivity index (χ0n) is 17.0. The number of carbonyl (C=O) groups excluding carboxylic acids is 3. The molecule has 14 heteroatoms. The molecule has 0 fully saturated rings. The molecule has 0 aromatic rings. The fourth-order valence-electron chi connectivity index (χ4n) is 2.37. The summed E-state index contributed by atoms with van der Waals surface area (Å²) in [6.07, 6.45) is -0.859. The van der Waals surface area contributed by atoms with Crippen LogP contribution in [-0.2, 0) is 28.8 Å². The number of carboxylic acids is 3. The van der Waals surface area contributed by atoms with E-state index < -0.39 is 72.6 Å². The van der Waals surface area contributed by atoms with Gasteiger partial charge in [0, 0.05) is 0 Å². The second kappa shape index (κ2) is 13.9. The molecule has 0 radical (unpaired) electrons. The molecule has 0 spiro atoms. The van der Waals surface area contributed by atoms with Gasteiger partial charge in [0.05, 0.1) is 18.9 Å². The summed E-state index contributed by atoms with van der Waals surface area (Å²) in [4.78, 5) is 69.8. The molecule has 4 unspecified atom stereocenters. The second-order valence-electron chi connectivity index (χ2n) is 6.79. The van der Waals surface area contributed by atoms with E-state index in [0.717, 1.165) is 0 Å². The van der Waals surface area contributed by atoms with Gasteiger partial charge in [-0.1, -0.05) is 0 Å². The third kappa shape index (κ3) is 11.5. The van der Waals surface area contributed by atoms with E-state index in [9.17, 15) is 28.8 Å². The van der Waals surface area contributed by atoms with E-state index in [0.29, 0.717) is 12.8 Å². The van der Waals surface area contributed by atoms with Crippen LogP contribution in [0.5, 0.6) is 0 Å². The normalized spacial score (nSPS) is 14.4. The highest BCUT2D eigenvalue weighted by atomic mass is 16.4. The molecule has 0 aromatic carbocycles. The lowest BCUT2D eigenvalue weighted by molar-refractivity contribution is -0.147. The van der Waals surface area contributed by atoms with Crippen molar-refractivity contribution in [3.63, 3.8) is 0 Å². The minimum absolute atomic E-state index is 0.00914. The van der Waals surface area contributed by atoms with Crippen LogP contribution in [0.2, 0.25) is 0 Å². The molecule has 3 amide bonds. The van der Waals surface area contributed by atoms with Crippen molar-refractivity contribution in [2.45, 2.75) is 63.2 Å². The average molecular weight is 447 g/mol. The molecular weight excluding hydrogens is 418 g/mol. The summed E-state index contributed by atoms with van der Waals surface area (Å²) in [5, 5.41) is 33.3. The van der Waals surface area contributed by atoms with Crippen molar-refractivity contribution >= 4 is 35.6 Å². The van der Waals surface area contributed by atoms with Gasteiger partial charge in [0.1, 0.15) is 18.1 Å². The third-order valence-electron chi connectivity index (χ3n) is 4.00. The lowest BCUT2D eigenvalue weighted by Crippen LogP contribution is -2.57. The monoisotopic (exact) mass is 447 g/mol. The third-order valence-corrected chi connectivity index (χ3v) is 4.00. The van der Waals surface area contributed by atoms with E-state index >= 15 is 0 Å². The van der Waals surface area contributed by atoms with Crippen LogP contribution in [0, 0.1) is 0 Å². The fourth-order valence-corrected chi connectivity index (χ4v) is 2.37. The van der Waals surface area contributed by atoms with Crippen LogP contribution >= 0.6 is 0 Å². The molecule has 0 aromatic heterocycles. The minimum Gasteiger partial charge on any atom is -0.481 e. The molecule has 0 aliphatic carbocycles. The topological polar surface area (TPSA) is 251 Å². The van der Waals surface area contributed by atoms with Gasteiger partial charge in [-0.2, -0.15) is 0 Å². The molecule has 0 aliphatic rings. The molecule has 0 aliphatic heterocycles. The van der Waals surface area contributed by atoms with E-state index in [1.54, 1.807) is 0 Å². The molecule has 0 saturated heterocycles. The van der Waals surface area contributed by atoms with Gasteiger partial charge in [0.25, 0.3) is 0 Å². The van der Waals surface area contributed by atoms with E-state index in [4.69, 9.17) is 26.8 Å². The largest absolute Gasteiger partial charge is 0.481 e. The molecule has 0 bridgehead atoms.